The number of rotatable bonds is 9. The quantitative estimate of drug-likeness (QED) is 0.278. The number of halogens is 2. The van der Waals surface area contributed by atoms with Crippen molar-refractivity contribution in [1.29, 1.82) is 0 Å². The minimum absolute atomic E-state index is 0.00702. The number of fused-ring (bicyclic) bond motifs is 1. The van der Waals surface area contributed by atoms with Gasteiger partial charge in [0.25, 0.3) is 11.8 Å². The van der Waals surface area contributed by atoms with Crippen molar-refractivity contribution in [3.05, 3.63) is 87.0 Å². The van der Waals surface area contributed by atoms with Crippen LogP contribution in [0.25, 0.3) is 16.3 Å². The summed E-state index contributed by atoms with van der Waals surface area (Å²) in [6.45, 7) is 1.66. The molecule has 0 aliphatic rings. The monoisotopic (exact) mass is 541 g/mol. The molecule has 1 atom stereocenters. The standard InChI is InChI=1S/C27H25Cl2N3O5/c1-15(32(3)14-33)23(25(34)30-2)19-12-11-16(17-7-4-5-8-18(17)19)13-22(27(36)37)31-26(35)24-20(28)9-6-10-21(24)29/h4-12,14,22H,13H2,1-3H3,(H,30,34)(H,31,35)(H,36,37)/b23-15-/t22-/m0/s1. The highest BCUT2D eigenvalue weighted by Crippen LogP contribution is 2.31. The largest absolute Gasteiger partial charge is 0.480 e. The molecule has 0 aliphatic carbocycles. The Hall–Kier alpha value is -3.88. The Morgan fingerprint density at radius 2 is 1.62 bits per heavy atom. The third kappa shape index (κ3) is 5.93. The van der Waals surface area contributed by atoms with Crippen molar-refractivity contribution >= 4 is 63.7 Å². The maximum absolute atomic E-state index is 12.8. The Morgan fingerprint density at radius 3 is 2.19 bits per heavy atom. The molecule has 37 heavy (non-hydrogen) atoms. The first-order valence-corrected chi connectivity index (χ1v) is 12.0. The molecule has 8 nitrogen and oxygen atoms in total. The molecule has 3 N–H and O–H groups in total. The molecule has 0 aliphatic heterocycles. The number of hydrogen-bond donors (Lipinski definition) is 3. The number of carbonyl (C=O) groups is 4. The number of aliphatic carboxylic acids is 1. The topological polar surface area (TPSA) is 116 Å². The van der Waals surface area contributed by atoms with E-state index in [9.17, 15) is 24.3 Å². The SMILES string of the molecule is CNC(=O)/C(=C(/C)N(C)C=O)c1ccc(C[C@H](NC(=O)c2c(Cl)cccc2Cl)C(=O)O)c2ccccc12. The molecule has 3 rings (SSSR count). The molecule has 0 unspecified atom stereocenters. The number of carboxylic acids is 1. The van der Waals surface area contributed by atoms with Gasteiger partial charge in [0.15, 0.2) is 0 Å². The molecule has 0 fully saturated rings. The van der Waals surface area contributed by atoms with Crippen LogP contribution in [0.15, 0.2) is 60.3 Å². The second kappa shape index (κ2) is 11.9. The van der Waals surface area contributed by atoms with Gasteiger partial charge in [0.05, 0.1) is 21.2 Å². The number of carbonyl (C=O) groups excluding carboxylic acids is 3. The van der Waals surface area contributed by atoms with Gasteiger partial charge in [-0.15, -0.1) is 0 Å². The fourth-order valence-electron chi connectivity index (χ4n) is 3.98. The predicted molar refractivity (Wildman–Crippen MR) is 143 cm³/mol. The van der Waals surface area contributed by atoms with Crippen molar-refractivity contribution < 1.29 is 24.3 Å². The lowest BCUT2D eigenvalue weighted by molar-refractivity contribution is -0.139. The number of carboxylic acid groups (broad SMARTS) is 1. The fourth-order valence-corrected chi connectivity index (χ4v) is 4.55. The van der Waals surface area contributed by atoms with E-state index in [2.05, 4.69) is 10.6 Å². The van der Waals surface area contributed by atoms with E-state index in [1.54, 1.807) is 50.4 Å². The van der Waals surface area contributed by atoms with Gasteiger partial charge < -0.3 is 20.6 Å². The van der Waals surface area contributed by atoms with Crippen LogP contribution in [0.5, 0.6) is 0 Å². The molecule has 0 spiro atoms. The molecule has 0 saturated heterocycles. The first-order valence-electron chi connectivity index (χ1n) is 11.2. The van der Waals surface area contributed by atoms with Gasteiger partial charge in [-0.1, -0.05) is 65.7 Å². The van der Waals surface area contributed by atoms with E-state index in [4.69, 9.17) is 23.2 Å². The lowest BCUT2D eigenvalue weighted by Gasteiger charge is -2.20. The van der Waals surface area contributed by atoms with Crippen LogP contribution in [0.1, 0.15) is 28.4 Å². The van der Waals surface area contributed by atoms with Crippen molar-refractivity contribution in [3.8, 4) is 0 Å². The van der Waals surface area contributed by atoms with Gasteiger partial charge in [-0.05, 0) is 41.0 Å². The van der Waals surface area contributed by atoms with Crippen molar-refractivity contribution in [3.63, 3.8) is 0 Å². The van der Waals surface area contributed by atoms with Crippen LogP contribution in [-0.2, 0) is 20.8 Å². The number of nitrogens with one attached hydrogen (secondary N) is 2. The van der Waals surface area contributed by atoms with E-state index in [-0.39, 0.29) is 27.9 Å². The van der Waals surface area contributed by atoms with Crippen LogP contribution in [0.3, 0.4) is 0 Å². The Morgan fingerprint density at radius 1 is 1.00 bits per heavy atom. The van der Waals surface area contributed by atoms with Crippen molar-refractivity contribution in [1.82, 2.24) is 15.5 Å². The zero-order chi connectivity index (χ0) is 27.3. The molecule has 0 saturated carbocycles. The van der Waals surface area contributed by atoms with Gasteiger partial charge in [0.1, 0.15) is 6.04 Å². The number of benzene rings is 3. The zero-order valence-electron chi connectivity index (χ0n) is 20.3. The summed E-state index contributed by atoms with van der Waals surface area (Å²) in [5, 5.41) is 16.6. The van der Waals surface area contributed by atoms with Crippen molar-refractivity contribution in [2.45, 2.75) is 19.4 Å². The molecule has 0 heterocycles. The zero-order valence-corrected chi connectivity index (χ0v) is 21.9. The van der Waals surface area contributed by atoms with Gasteiger partial charge in [0, 0.05) is 26.2 Å². The number of amides is 3. The highest BCUT2D eigenvalue weighted by Gasteiger charge is 2.26. The van der Waals surface area contributed by atoms with Crippen LogP contribution < -0.4 is 10.6 Å². The molecule has 3 aromatic carbocycles. The summed E-state index contributed by atoms with van der Waals surface area (Å²) >= 11 is 12.2. The van der Waals surface area contributed by atoms with Gasteiger partial charge >= 0.3 is 5.97 Å². The second-order valence-electron chi connectivity index (χ2n) is 8.24. The molecule has 3 aromatic rings. The van der Waals surface area contributed by atoms with Gasteiger partial charge in [-0.25, -0.2) is 4.79 Å². The highest BCUT2D eigenvalue weighted by molar-refractivity contribution is 6.39. The van der Waals surface area contributed by atoms with Crippen molar-refractivity contribution in [2.24, 2.45) is 0 Å². The lowest BCUT2D eigenvalue weighted by Crippen LogP contribution is -2.42. The average molecular weight is 542 g/mol. The predicted octanol–water partition coefficient (Wildman–Crippen LogP) is 4.14. The molecule has 3 amide bonds. The average Bonchev–Trinajstić information content (AvgIpc) is 2.88. The maximum Gasteiger partial charge on any atom is 0.326 e. The molecule has 192 valence electrons. The molecule has 0 radical (unpaired) electrons. The van der Waals surface area contributed by atoms with Crippen LogP contribution in [0.2, 0.25) is 10.0 Å². The number of likely N-dealkylation sites (N-methyl/N-ethyl adjacent to an activating group) is 1. The Labute approximate surface area is 223 Å². The van der Waals surface area contributed by atoms with Crippen LogP contribution in [0, 0.1) is 0 Å². The first-order chi connectivity index (χ1) is 17.6. The molecule has 10 heteroatoms. The normalized spacial score (nSPS) is 12.4. The third-order valence-corrected chi connectivity index (χ3v) is 6.63. The van der Waals surface area contributed by atoms with Gasteiger partial charge in [-0.3, -0.25) is 14.4 Å². The maximum atomic E-state index is 12.8. The Bertz CT molecular complexity index is 1400. The van der Waals surface area contributed by atoms with E-state index < -0.39 is 17.9 Å². The van der Waals surface area contributed by atoms with E-state index in [1.165, 1.54) is 24.1 Å². The smallest absolute Gasteiger partial charge is 0.326 e. The summed E-state index contributed by atoms with van der Waals surface area (Å²) in [7, 11) is 3.05. The fraction of sp³-hybridized carbons (Fsp3) is 0.185. The number of allylic oxidation sites excluding steroid dienone is 1. The van der Waals surface area contributed by atoms with Gasteiger partial charge in [0.2, 0.25) is 6.41 Å². The summed E-state index contributed by atoms with van der Waals surface area (Å²) < 4.78 is 0. The summed E-state index contributed by atoms with van der Waals surface area (Å²) in [6.07, 6.45) is 0.566. The minimum Gasteiger partial charge on any atom is -0.480 e. The van der Waals surface area contributed by atoms with E-state index in [0.717, 1.165) is 0 Å². The van der Waals surface area contributed by atoms with Crippen LogP contribution in [-0.4, -0.2) is 54.3 Å². The second-order valence-corrected chi connectivity index (χ2v) is 9.05. The van der Waals surface area contributed by atoms with Gasteiger partial charge in [-0.2, -0.15) is 0 Å². The minimum atomic E-state index is -1.29. The Kier molecular flexibility index (Phi) is 8.91. The third-order valence-electron chi connectivity index (χ3n) is 6.00. The van der Waals surface area contributed by atoms with Crippen LogP contribution >= 0.6 is 23.2 Å². The van der Waals surface area contributed by atoms with Crippen LogP contribution in [0.4, 0.5) is 0 Å². The molecule has 0 aromatic heterocycles. The highest BCUT2D eigenvalue weighted by atomic mass is 35.5. The molecular formula is C27H25Cl2N3O5. The van der Waals surface area contributed by atoms with E-state index in [0.29, 0.717) is 39.6 Å². The van der Waals surface area contributed by atoms with E-state index >= 15 is 0 Å². The number of hydrogen-bond acceptors (Lipinski definition) is 4. The molecular weight excluding hydrogens is 517 g/mol. The summed E-state index contributed by atoms with van der Waals surface area (Å²) in [6, 6.07) is 13.9. The van der Waals surface area contributed by atoms with Crippen molar-refractivity contribution in [2.75, 3.05) is 14.1 Å². The summed E-state index contributed by atoms with van der Waals surface area (Å²) in [5.74, 6) is -2.32. The Balaban J connectivity index is 2.07. The first kappa shape index (κ1) is 27.7. The summed E-state index contributed by atoms with van der Waals surface area (Å²) in [4.78, 5) is 50.5. The van der Waals surface area contributed by atoms with E-state index in [1.807, 2.05) is 6.07 Å². The number of nitrogens with zero attached hydrogens (tertiary/aromatic N) is 1. The lowest BCUT2D eigenvalue weighted by atomic mass is 9.91. The summed E-state index contributed by atoms with van der Waals surface area (Å²) in [5.41, 5.74) is 1.95. The molecule has 0 bridgehead atoms.